The lowest BCUT2D eigenvalue weighted by Crippen LogP contribution is -2.33. The largest absolute Gasteiger partial charge is 0.349 e. The van der Waals surface area contributed by atoms with Gasteiger partial charge in [-0.1, -0.05) is 58.4 Å². The van der Waals surface area contributed by atoms with Crippen molar-refractivity contribution in [3.8, 4) is 0 Å². The van der Waals surface area contributed by atoms with Crippen molar-refractivity contribution in [2.75, 3.05) is 11.5 Å². The van der Waals surface area contributed by atoms with E-state index < -0.39 is 21.5 Å². The number of aryl methyl sites for hydroxylation is 1. The van der Waals surface area contributed by atoms with E-state index in [1.807, 2.05) is 61.5 Å². The highest BCUT2D eigenvalue weighted by Gasteiger charge is 2.18. The first-order valence-electron chi connectivity index (χ1n) is 8.15. The van der Waals surface area contributed by atoms with Crippen LogP contribution in [0.15, 0.2) is 59.1 Å². The number of benzene rings is 2. The topological polar surface area (TPSA) is 63.2 Å². The van der Waals surface area contributed by atoms with Gasteiger partial charge in [0.05, 0.1) is 11.8 Å². The number of hydrogen-bond donors (Lipinski definition) is 1. The van der Waals surface area contributed by atoms with Crippen LogP contribution in [0.25, 0.3) is 0 Å². The van der Waals surface area contributed by atoms with Gasteiger partial charge in [-0.25, -0.2) is 8.42 Å². The normalized spacial score (nSPS) is 12.6. The second-order valence-corrected chi connectivity index (χ2v) is 9.13. The molecule has 0 radical (unpaired) electrons. The maximum Gasteiger partial charge on any atom is 0.235 e. The van der Waals surface area contributed by atoms with Gasteiger partial charge in [0.25, 0.3) is 0 Å². The number of halogens is 1. The summed E-state index contributed by atoms with van der Waals surface area (Å²) in [7, 11) is -3.41. The van der Waals surface area contributed by atoms with E-state index in [1.165, 1.54) is 0 Å². The lowest BCUT2D eigenvalue weighted by Gasteiger charge is -2.14. The summed E-state index contributed by atoms with van der Waals surface area (Å²) in [4.78, 5) is 12.1. The molecular formula is C19H22BrNO3S. The first-order valence-corrected chi connectivity index (χ1v) is 10.8. The Morgan fingerprint density at radius 1 is 1.12 bits per heavy atom. The molecule has 134 valence electrons. The molecule has 0 aliphatic rings. The number of amides is 1. The smallest absolute Gasteiger partial charge is 0.235 e. The minimum Gasteiger partial charge on any atom is -0.349 e. The fraction of sp³-hybridized carbons (Fsp3) is 0.316. The van der Waals surface area contributed by atoms with Gasteiger partial charge < -0.3 is 5.32 Å². The van der Waals surface area contributed by atoms with E-state index in [4.69, 9.17) is 0 Å². The minimum atomic E-state index is -3.41. The van der Waals surface area contributed by atoms with Crippen LogP contribution < -0.4 is 5.32 Å². The van der Waals surface area contributed by atoms with Gasteiger partial charge in [-0.15, -0.1) is 0 Å². The average molecular weight is 424 g/mol. The molecule has 0 heterocycles. The lowest BCUT2D eigenvalue weighted by atomic mass is 10.1. The van der Waals surface area contributed by atoms with Gasteiger partial charge in [-0.3, -0.25) is 4.79 Å². The van der Waals surface area contributed by atoms with E-state index in [1.54, 1.807) is 0 Å². The van der Waals surface area contributed by atoms with E-state index in [2.05, 4.69) is 21.2 Å². The Morgan fingerprint density at radius 3 is 2.52 bits per heavy atom. The standard InChI is InChI=1S/C19H22BrNO3S/c1-15(17-10-5-11-18(20)13-17)21-19(22)14-25(23,24)12-6-9-16-7-3-2-4-8-16/h2-5,7-8,10-11,13,15H,6,9,12,14H2,1H3,(H,21,22)/t15-/m1/s1. The molecule has 0 saturated carbocycles. The van der Waals surface area contributed by atoms with Crippen LogP contribution in [0.1, 0.15) is 30.5 Å². The molecule has 0 aliphatic heterocycles. The van der Waals surface area contributed by atoms with Crippen LogP contribution in [0.3, 0.4) is 0 Å². The fourth-order valence-corrected chi connectivity index (χ4v) is 4.18. The molecule has 0 saturated heterocycles. The van der Waals surface area contributed by atoms with E-state index in [0.29, 0.717) is 12.8 Å². The van der Waals surface area contributed by atoms with Gasteiger partial charge in [-0.2, -0.15) is 0 Å². The molecule has 0 unspecified atom stereocenters. The average Bonchev–Trinajstić information content (AvgIpc) is 2.55. The minimum absolute atomic E-state index is 0.0145. The molecule has 1 amide bonds. The molecule has 1 N–H and O–H groups in total. The van der Waals surface area contributed by atoms with Crippen molar-refractivity contribution in [1.29, 1.82) is 0 Å². The molecule has 0 fully saturated rings. The summed E-state index contributed by atoms with van der Waals surface area (Å²) in [5.41, 5.74) is 2.02. The van der Waals surface area contributed by atoms with Crippen LogP contribution in [0.4, 0.5) is 0 Å². The molecule has 1 atom stereocenters. The van der Waals surface area contributed by atoms with E-state index in [9.17, 15) is 13.2 Å². The Bertz CT molecular complexity index is 806. The monoisotopic (exact) mass is 423 g/mol. The van der Waals surface area contributed by atoms with Crippen LogP contribution in [-0.2, 0) is 21.1 Å². The summed E-state index contributed by atoms with van der Waals surface area (Å²) >= 11 is 3.38. The number of carbonyl (C=O) groups excluding carboxylic acids is 1. The van der Waals surface area contributed by atoms with E-state index in [0.717, 1.165) is 15.6 Å². The first-order chi connectivity index (χ1) is 11.9. The Labute approximate surface area is 157 Å². The molecule has 6 heteroatoms. The highest BCUT2D eigenvalue weighted by molar-refractivity contribution is 9.10. The molecule has 0 bridgehead atoms. The van der Waals surface area contributed by atoms with E-state index in [-0.39, 0.29) is 11.8 Å². The SMILES string of the molecule is C[C@@H](NC(=O)CS(=O)(=O)CCCc1ccccc1)c1cccc(Br)c1. The Kier molecular flexibility index (Phi) is 7.20. The van der Waals surface area contributed by atoms with Crippen LogP contribution in [0.2, 0.25) is 0 Å². The van der Waals surface area contributed by atoms with Gasteiger partial charge >= 0.3 is 0 Å². The van der Waals surface area contributed by atoms with Crippen LogP contribution >= 0.6 is 15.9 Å². The molecular weight excluding hydrogens is 402 g/mol. The maximum absolute atomic E-state index is 12.1. The molecule has 0 aliphatic carbocycles. The number of nitrogens with one attached hydrogen (secondary N) is 1. The molecule has 0 aromatic heterocycles. The van der Waals surface area contributed by atoms with Crippen molar-refractivity contribution in [2.24, 2.45) is 0 Å². The zero-order valence-corrected chi connectivity index (χ0v) is 16.5. The molecule has 4 nitrogen and oxygen atoms in total. The van der Waals surface area contributed by atoms with Crippen molar-refractivity contribution in [2.45, 2.75) is 25.8 Å². The summed E-state index contributed by atoms with van der Waals surface area (Å²) in [6.07, 6.45) is 1.21. The third-order valence-electron chi connectivity index (χ3n) is 3.84. The van der Waals surface area contributed by atoms with Crippen molar-refractivity contribution >= 4 is 31.7 Å². The van der Waals surface area contributed by atoms with Gasteiger partial charge in [-0.05, 0) is 43.0 Å². The zero-order chi connectivity index (χ0) is 18.3. The molecule has 0 spiro atoms. The maximum atomic E-state index is 12.1. The summed E-state index contributed by atoms with van der Waals surface area (Å²) in [5.74, 6) is -0.923. The molecule has 2 aromatic carbocycles. The number of rotatable bonds is 8. The number of sulfone groups is 1. The molecule has 2 rings (SSSR count). The number of hydrogen-bond acceptors (Lipinski definition) is 3. The molecule has 2 aromatic rings. The fourth-order valence-electron chi connectivity index (χ4n) is 2.56. The van der Waals surface area contributed by atoms with Gasteiger partial charge in [0.2, 0.25) is 5.91 Å². The van der Waals surface area contributed by atoms with Crippen molar-refractivity contribution in [1.82, 2.24) is 5.32 Å². The molecule has 25 heavy (non-hydrogen) atoms. The summed E-state index contributed by atoms with van der Waals surface area (Å²) in [5, 5.41) is 2.75. The summed E-state index contributed by atoms with van der Waals surface area (Å²) < 4.78 is 25.2. The summed E-state index contributed by atoms with van der Waals surface area (Å²) in [6, 6.07) is 17.1. The third kappa shape index (κ3) is 7.00. The quantitative estimate of drug-likeness (QED) is 0.704. The van der Waals surface area contributed by atoms with Crippen molar-refractivity contribution < 1.29 is 13.2 Å². The predicted octanol–water partition coefficient (Wildman–Crippen LogP) is 3.67. The van der Waals surface area contributed by atoms with Gasteiger partial charge in [0.1, 0.15) is 5.75 Å². The van der Waals surface area contributed by atoms with Gasteiger partial charge in [0, 0.05) is 4.47 Å². The van der Waals surface area contributed by atoms with Crippen LogP contribution in [-0.4, -0.2) is 25.8 Å². The Morgan fingerprint density at radius 2 is 1.84 bits per heavy atom. The highest BCUT2D eigenvalue weighted by atomic mass is 79.9. The second kappa shape index (κ2) is 9.15. The zero-order valence-electron chi connectivity index (χ0n) is 14.1. The first kappa shape index (κ1) is 19.7. The Hall–Kier alpha value is -1.66. The lowest BCUT2D eigenvalue weighted by molar-refractivity contribution is -0.119. The van der Waals surface area contributed by atoms with Crippen molar-refractivity contribution in [3.63, 3.8) is 0 Å². The number of carbonyl (C=O) groups is 1. The summed E-state index contributed by atoms with van der Waals surface area (Å²) in [6.45, 7) is 1.84. The van der Waals surface area contributed by atoms with Gasteiger partial charge in [0.15, 0.2) is 9.84 Å². The van der Waals surface area contributed by atoms with Crippen LogP contribution in [0.5, 0.6) is 0 Å². The van der Waals surface area contributed by atoms with E-state index >= 15 is 0 Å². The predicted molar refractivity (Wildman–Crippen MR) is 104 cm³/mol. The Balaban J connectivity index is 1.82. The second-order valence-electron chi connectivity index (χ2n) is 6.03. The third-order valence-corrected chi connectivity index (χ3v) is 5.95. The highest BCUT2D eigenvalue weighted by Crippen LogP contribution is 2.17. The van der Waals surface area contributed by atoms with Crippen LogP contribution in [0, 0.1) is 0 Å². The van der Waals surface area contributed by atoms with Crippen molar-refractivity contribution in [3.05, 3.63) is 70.2 Å².